The van der Waals surface area contributed by atoms with Gasteiger partial charge in [0.15, 0.2) is 0 Å². The van der Waals surface area contributed by atoms with Gasteiger partial charge < -0.3 is 10.6 Å². The van der Waals surface area contributed by atoms with Gasteiger partial charge in [0.25, 0.3) is 5.24 Å². The molecular formula is C18H25N3O2S. The van der Waals surface area contributed by atoms with E-state index in [4.69, 9.17) is 0 Å². The van der Waals surface area contributed by atoms with Crippen molar-refractivity contribution in [1.29, 1.82) is 0 Å². The Morgan fingerprint density at radius 1 is 1.17 bits per heavy atom. The zero-order chi connectivity index (χ0) is 16.8. The lowest BCUT2D eigenvalue weighted by Crippen LogP contribution is -2.42. The van der Waals surface area contributed by atoms with Crippen molar-refractivity contribution in [3.8, 4) is 0 Å². The molecule has 2 saturated heterocycles. The molecule has 0 spiro atoms. The minimum atomic E-state index is -0.403. The Morgan fingerprint density at radius 2 is 1.88 bits per heavy atom. The Bertz CT molecular complexity index is 585. The van der Waals surface area contributed by atoms with E-state index in [2.05, 4.69) is 33.7 Å². The Hall–Kier alpha value is -1.53. The number of nitrogens with zero attached hydrogens (tertiary/aromatic N) is 1. The Kier molecular flexibility index (Phi) is 6.15. The first-order valence-corrected chi connectivity index (χ1v) is 9.71. The lowest BCUT2D eigenvalue weighted by Gasteiger charge is -2.22. The number of likely N-dealkylation sites (tertiary alicyclic amines) is 1. The fraction of sp³-hybridized carbons (Fsp3) is 0.556. The fourth-order valence-corrected chi connectivity index (χ4v) is 4.03. The van der Waals surface area contributed by atoms with E-state index >= 15 is 0 Å². The average Bonchev–Trinajstić information content (AvgIpc) is 2.87. The van der Waals surface area contributed by atoms with Crippen molar-refractivity contribution in [3.05, 3.63) is 35.4 Å². The standard InChI is InChI=1S/C18H25N3O2S/c22-17(16-13-24-18(23)20-16)19-11-14-7-3-4-8-15(14)12-21-9-5-1-2-6-10-21/h3-4,7-8,16H,1-2,5-6,9-13H2,(H,19,22)(H,20,23). The van der Waals surface area contributed by atoms with Crippen LogP contribution in [0.15, 0.2) is 24.3 Å². The summed E-state index contributed by atoms with van der Waals surface area (Å²) in [6.07, 6.45) is 5.22. The molecule has 3 rings (SSSR count). The highest BCUT2D eigenvalue weighted by Gasteiger charge is 2.27. The van der Waals surface area contributed by atoms with Crippen molar-refractivity contribution in [2.24, 2.45) is 0 Å². The summed E-state index contributed by atoms with van der Waals surface area (Å²) in [7, 11) is 0. The second kappa shape index (κ2) is 8.53. The monoisotopic (exact) mass is 347 g/mol. The topological polar surface area (TPSA) is 61.4 Å². The SMILES string of the molecule is O=C1NC(C(=O)NCc2ccccc2CN2CCCCCC2)CS1. The first-order valence-electron chi connectivity index (χ1n) is 8.72. The molecule has 0 aliphatic carbocycles. The van der Waals surface area contributed by atoms with Crippen LogP contribution in [0.5, 0.6) is 0 Å². The van der Waals surface area contributed by atoms with Crippen LogP contribution in [0.4, 0.5) is 4.79 Å². The van der Waals surface area contributed by atoms with Crippen molar-refractivity contribution in [2.75, 3.05) is 18.8 Å². The summed E-state index contributed by atoms with van der Waals surface area (Å²) in [5, 5.41) is 5.53. The van der Waals surface area contributed by atoms with Gasteiger partial charge in [-0.05, 0) is 37.1 Å². The third-order valence-corrected chi connectivity index (χ3v) is 5.53. The summed E-state index contributed by atoms with van der Waals surface area (Å²) in [5.41, 5.74) is 2.44. The van der Waals surface area contributed by atoms with Gasteiger partial charge in [-0.15, -0.1) is 0 Å². The average molecular weight is 347 g/mol. The molecule has 2 fully saturated rings. The van der Waals surface area contributed by atoms with Crippen LogP contribution in [0.3, 0.4) is 0 Å². The predicted octanol–water partition coefficient (Wildman–Crippen LogP) is 2.50. The molecule has 1 aromatic rings. The van der Waals surface area contributed by atoms with E-state index in [0.29, 0.717) is 12.3 Å². The number of amides is 2. The van der Waals surface area contributed by atoms with Crippen LogP contribution in [0.2, 0.25) is 0 Å². The molecule has 0 saturated carbocycles. The van der Waals surface area contributed by atoms with Crippen molar-refractivity contribution in [1.82, 2.24) is 15.5 Å². The Balaban J connectivity index is 1.57. The molecule has 6 heteroatoms. The zero-order valence-electron chi connectivity index (χ0n) is 13.9. The largest absolute Gasteiger partial charge is 0.350 e. The summed E-state index contributed by atoms with van der Waals surface area (Å²) in [4.78, 5) is 25.9. The molecule has 1 atom stereocenters. The van der Waals surface area contributed by atoms with Crippen LogP contribution in [-0.4, -0.2) is 40.9 Å². The second-order valence-electron chi connectivity index (χ2n) is 6.47. The van der Waals surface area contributed by atoms with Gasteiger partial charge in [0.1, 0.15) is 6.04 Å². The normalized spacial score (nSPS) is 22.0. The van der Waals surface area contributed by atoms with Crippen LogP contribution >= 0.6 is 11.8 Å². The van der Waals surface area contributed by atoms with Crippen molar-refractivity contribution < 1.29 is 9.59 Å². The molecule has 0 bridgehead atoms. The number of benzene rings is 1. The minimum absolute atomic E-state index is 0.0991. The van der Waals surface area contributed by atoms with E-state index in [-0.39, 0.29) is 11.1 Å². The number of carbonyl (C=O) groups is 2. The van der Waals surface area contributed by atoms with Crippen LogP contribution in [0.25, 0.3) is 0 Å². The molecule has 24 heavy (non-hydrogen) atoms. The molecule has 1 unspecified atom stereocenters. The van der Waals surface area contributed by atoms with E-state index in [1.807, 2.05) is 6.07 Å². The van der Waals surface area contributed by atoms with Gasteiger partial charge >= 0.3 is 0 Å². The van der Waals surface area contributed by atoms with Gasteiger partial charge in [-0.3, -0.25) is 14.5 Å². The highest BCUT2D eigenvalue weighted by atomic mass is 32.2. The highest BCUT2D eigenvalue weighted by Crippen LogP contribution is 2.17. The molecular weight excluding hydrogens is 322 g/mol. The number of hydrogen-bond donors (Lipinski definition) is 2. The summed E-state index contributed by atoms with van der Waals surface area (Å²) in [6.45, 7) is 3.78. The molecule has 0 aromatic heterocycles. The van der Waals surface area contributed by atoms with Gasteiger partial charge in [0.2, 0.25) is 5.91 Å². The van der Waals surface area contributed by atoms with E-state index < -0.39 is 6.04 Å². The quantitative estimate of drug-likeness (QED) is 0.859. The van der Waals surface area contributed by atoms with E-state index in [0.717, 1.165) is 25.2 Å². The van der Waals surface area contributed by atoms with Gasteiger partial charge in [-0.2, -0.15) is 0 Å². The minimum Gasteiger partial charge on any atom is -0.350 e. The number of nitrogens with one attached hydrogen (secondary N) is 2. The van der Waals surface area contributed by atoms with Crippen LogP contribution in [0, 0.1) is 0 Å². The summed E-state index contributed by atoms with van der Waals surface area (Å²) in [6, 6.07) is 7.90. The smallest absolute Gasteiger partial charge is 0.279 e. The van der Waals surface area contributed by atoms with Gasteiger partial charge in [-0.25, -0.2) is 0 Å². The maximum Gasteiger partial charge on any atom is 0.279 e. The highest BCUT2D eigenvalue weighted by molar-refractivity contribution is 8.14. The van der Waals surface area contributed by atoms with E-state index in [1.165, 1.54) is 43.0 Å². The van der Waals surface area contributed by atoms with Gasteiger partial charge in [0.05, 0.1) is 0 Å². The zero-order valence-corrected chi connectivity index (χ0v) is 14.7. The number of carbonyl (C=O) groups excluding carboxylic acids is 2. The number of hydrogen-bond acceptors (Lipinski definition) is 4. The molecule has 2 heterocycles. The van der Waals surface area contributed by atoms with Crippen molar-refractivity contribution >= 4 is 22.9 Å². The summed E-state index contributed by atoms with van der Waals surface area (Å²) in [5.74, 6) is 0.415. The van der Waals surface area contributed by atoms with Crippen LogP contribution < -0.4 is 10.6 Å². The molecule has 1 aromatic carbocycles. The fourth-order valence-electron chi connectivity index (χ4n) is 3.25. The van der Waals surface area contributed by atoms with Crippen LogP contribution in [0.1, 0.15) is 36.8 Å². The molecule has 2 N–H and O–H groups in total. The lowest BCUT2D eigenvalue weighted by molar-refractivity contribution is -0.122. The molecule has 2 amide bonds. The predicted molar refractivity (Wildman–Crippen MR) is 96.8 cm³/mol. The molecule has 130 valence electrons. The number of rotatable bonds is 5. The maximum atomic E-state index is 12.2. The summed E-state index contributed by atoms with van der Waals surface area (Å²) < 4.78 is 0. The first kappa shape index (κ1) is 17.3. The second-order valence-corrected chi connectivity index (χ2v) is 7.47. The molecule has 2 aliphatic heterocycles. The molecule has 2 aliphatic rings. The third-order valence-electron chi connectivity index (χ3n) is 4.65. The number of thioether (sulfide) groups is 1. The van der Waals surface area contributed by atoms with Gasteiger partial charge in [0, 0.05) is 18.8 Å². The van der Waals surface area contributed by atoms with Gasteiger partial charge in [-0.1, -0.05) is 48.9 Å². The molecule has 0 radical (unpaired) electrons. The van der Waals surface area contributed by atoms with Crippen LogP contribution in [-0.2, 0) is 17.9 Å². The van der Waals surface area contributed by atoms with Crippen molar-refractivity contribution in [2.45, 2.75) is 44.8 Å². The maximum absolute atomic E-state index is 12.2. The molecule has 5 nitrogen and oxygen atoms in total. The third kappa shape index (κ3) is 4.74. The van der Waals surface area contributed by atoms with E-state index in [9.17, 15) is 9.59 Å². The Labute approximate surface area is 147 Å². The summed E-state index contributed by atoms with van der Waals surface area (Å²) >= 11 is 1.17. The first-order chi connectivity index (χ1) is 11.7. The van der Waals surface area contributed by atoms with E-state index in [1.54, 1.807) is 0 Å². The Morgan fingerprint density at radius 3 is 2.54 bits per heavy atom. The van der Waals surface area contributed by atoms with Crippen molar-refractivity contribution in [3.63, 3.8) is 0 Å². The lowest BCUT2D eigenvalue weighted by atomic mass is 10.1.